The third-order valence-corrected chi connectivity index (χ3v) is 4.68. The standard InChI is InChI=1S/C22H28N4O2/c1-4-15-7-5-8-16(11-15)26-22(23)24-10-6-9-17-12-19-20(25-17)13-18(27-2)14-21(19)28-3/h5,7-8,11-14,25H,4,6,9-10H2,1-3H3,(H3,23,24,26). The minimum Gasteiger partial charge on any atom is -0.497 e. The first-order valence-electron chi connectivity index (χ1n) is 9.52. The summed E-state index contributed by atoms with van der Waals surface area (Å²) in [5.74, 6) is 2.02. The molecule has 0 spiro atoms. The number of hydrogen-bond donors (Lipinski definition) is 3. The number of fused-ring (bicyclic) bond motifs is 1. The number of aromatic nitrogens is 1. The molecule has 0 aliphatic heterocycles. The maximum atomic E-state index is 6.01. The van der Waals surface area contributed by atoms with Crippen molar-refractivity contribution in [2.75, 3.05) is 26.1 Å². The molecule has 3 aromatic rings. The van der Waals surface area contributed by atoms with Crippen molar-refractivity contribution in [2.24, 2.45) is 10.7 Å². The molecule has 2 aromatic carbocycles. The molecule has 0 radical (unpaired) electrons. The lowest BCUT2D eigenvalue weighted by Gasteiger charge is -2.07. The van der Waals surface area contributed by atoms with Gasteiger partial charge in [0, 0.05) is 35.4 Å². The Kier molecular flexibility index (Phi) is 6.42. The summed E-state index contributed by atoms with van der Waals surface area (Å²) in [4.78, 5) is 7.86. The third-order valence-electron chi connectivity index (χ3n) is 4.68. The second kappa shape index (κ2) is 9.17. The summed E-state index contributed by atoms with van der Waals surface area (Å²) in [5.41, 5.74) is 10.4. The maximum Gasteiger partial charge on any atom is 0.193 e. The number of methoxy groups -OCH3 is 2. The first-order valence-corrected chi connectivity index (χ1v) is 9.52. The quantitative estimate of drug-likeness (QED) is 0.312. The zero-order chi connectivity index (χ0) is 19.9. The third kappa shape index (κ3) is 4.76. The fourth-order valence-electron chi connectivity index (χ4n) is 3.18. The topological polar surface area (TPSA) is 84.7 Å². The lowest BCUT2D eigenvalue weighted by atomic mass is 10.1. The normalized spacial score (nSPS) is 11.6. The smallest absolute Gasteiger partial charge is 0.193 e. The summed E-state index contributed by atoms with van der Waals surface area (Å²) in [7, 11) is 3.32. The number of ether oxygens (including phenoxy) is 2. The molecule has 0 amide bonds. The molecule has 1 aromatic heterocycles. The van der Waals surface area contributed by atoms with E-state index in [-0.39, 0.29) is 0 Å². The van der Waals surface area contributed by atoms with E-state index >= 15 is 0 Å². The van der Waals surface area contributed by atoms with E-state index in [1.54, 1.807) is 14.2 Å². The minimum atomic E-state index is 0.441. The summed E-state index contributed by atoms with van der Waals surface area (Å²) in [6, 6.07) is 14.2. The van der Waals surface area contributed by atoms with Crippen LogP contribution in [-0.4, -0.2) is 31.7 Å². The zero-order valence-electron chi connectivity index (χ0n) is 16.7. The Labute approximate surface area is 165 Å². The van der Waals surface area contributed by atoms with Gasteiger partial charge in [-0.3, -0.25) is 4.99 Å². The minimum absolute atomic E-state index is 0.441. The van der Waals surface area contributed by atoms with Crippen molar-refractivity contribution in [1.82, 2.24) is 4.98 Å². The van der Waals surface area contributed by atoms with E-state index in [2.05, 4.69) is 40.4 Å². The first-order chi connectivity index (χ1) is 13.6. The van der Waals surface area contributed by atoms with Gasteiger partial charge in [0.25, 0.3) is 0 Å². The molecular formula is C22H28N4O2. The maximum absolute atomic E-state index is 6.01. The predicted octanol–water partition coefficient (Wildman–Crippen LogP) is 4.11. The molecule has 0 bridgehead atoms. The lowest BCUT2D eigenvalue weighted by Crippen LogP contribution is -2.23. The fourth-order valence-corrected chi connectivity index (χ4v) is 3.18. The molecule has 1 heterocycles. The van der Waals surface area contributed by atoms with Crippen LogP contribution < -0.4 is 20.5 Å². The molecule has 6 nitrogen and oxygen atoms in total. The summed E-state index contributed by atoms with van der Waals surface area (Å²) in [6.07, 6.45) is 2.76. The summed E-state index contributed by atoms with van der Waals surface area (Å²) < 4.78 is 10.8. The monoisotopic (exact) mass is 380 g/mol. The van der Waals surface area contributed by atoms with Crippen LogP contribution in [0.1, 0.15) is 24.6 Å². The molecule has 0 atom stereocenters. The van der Waals surface area contributed by atoms with Gasteiger partial charge in [-0.2, -0.15) is 0 Å². The van der Waals surface area contributed by atoms with Crippen LogP contribution in [0, 0.1) is 0 Å². The van der Waals surface area contributed by atoms with Gasteiger partial charge in [-0.05, 0) is 43.0 Å². The highest BCUT2D eigenvalue weighted by molar-refractivity contribution is 5.92. The van der Waals surface area contributed by atoms with Crippen molar-refractivity contribution in [1.29, 1.82) is 0 Å². The number of nitrogens with two attached hydrogens (primary N) is 1. The zero-order valence-corrected chi connectivity index (χ0v) is 16.7. The average Bonchev–Trinajstić information content (AvgIpc) is 3.13. The van der Waals surface area contributed by atoms with Gasteiger partial charge in [0.05, 0.1) is 19.7 Å². The highest BCUT2D eigenvalue weighted by Gasteiger charge is 2.09. The highest BCUT2D eigenvalue weighted by atomic mass is 16.5. The van der Waals surface area contributed by atoms with Gasteiger partial charge in [0.2, 0.25) is 0 Å². The SMILES string of the molecule is CCc1cccc(NC(N)=NCCCc2cc3c(OC)cc(OC)cc3[nH]2)c1. The van der Waals surface area contributed by atoms with Crippen LogP contribution in [0.4, 0.5) is 5.69 Å². The molecule has 0 unspecified atom stereocenters. The van der Waals surface area contributed by atoms with Gasteiger partial charge < -0.3 is 25.5 Å². The van der Waals surface area contributed by atoms with Crippen LogP contribution >= 0.6 is 0 Å². The van der Waals surface area contributed by atoms with Gasteiger partial charge in [0.1, 0.15) is 11.5 Å². The van der Waals surface area contributed by atoms with E-state index in [0.29, 0.717) is 12.5 Å². The van der Waals surface area contributed by atoms with E-state index in [9.17, 15) is 0 Å². The van der Waals surface area contributed by atoms with Crippen LogP contribution in [-0.2, 0) is 12.8 Å². The van der Waals surface area contributed by atoms with Crippen LogP contribution in [0.15, 0.2) is 47.5 Å². The molecule has 3 rings (SSSR count). The summed E-state index contributed by atoms with van der Waals surface area (Å²) in [6.45, 7) is 2.79. The van der Waals surface area contributed by atoms with Gasteiger partial charge in [-0.25, -0.2) is 0 Å². The Bertz CT molecular complexity index is 962. The Morgan fingerprint density at radius 2 is 2.00 bits per heavy atom. The molecule has 0 saturated heterocycles. The number of hydrogen-bond acceptors (Lipinski definition) is 3. The van der Waals surface area contributed by atoms with Crippen molar-refractivity contribution in [3.05, 3.63) is 53.7 Å². The van der Waals surface area contributed by atoms with Crippen molar-refractivity contribution < 1.29 is 9.47 Å². The van der Waals surface area contributed by atoms with Crippen LogP contribution in [0.25, 0.3) is 10.9 Å². The molecule has 4 N–H and O–H groups in total. The summed E-state index contributed by atoms with van der Waals surface area (Å²) >= 11 is 0. The largest absolute Gasteiger partial charge is 0.497 e. The molecule has 0 aliphatic rings. The number of anilines is 1. The van der Waals surface area contributed by atoms with E-state index < -0.39 is 0 Å². The fraction of sp³-hybridized carbons (Fsp3) is 0.318. The number of aliphatic imine (C=N–C) groups is 1. The van der Waals surface area contributed by atoms with Crippen molar-refractivity contribution in [3.8, 4) is 11.5 Å². The number of guanidine groups is 1. The Morgan fingerprint density at radius 1 is 1.14 bits per heavy atom. The highest BCUT2D eigenvalue weighted by Crippen LogP contribution is 2.31. The van der Waals surface area contributed by atoms with Gasteiger partial charge in [0.15, 0.2) is 5.96 Å². The number of aryl methyl sites for hydroxylation is 2. The van der Waals surface area contributed by atoms with Crippen LogP contribution in [0.3, 0.4) is 0 Å². The van der Waals surface area contributed by atoms with Gasteiger partial charge in [-0.15, -0.1) is 0 Å². The second-order valence-electron chi connectivity index (χ2n) is 6.63. The Hall–Kier alpha value is -3.15. The van der Waals surface area contributed by atoms with E-state index in [1.165, 1.54) is 5.56 Å². The first kappa shape index (κ1) is 19.6. The number of aromatic amines is 1. The van der Waals surface area contributed by atoms with Crippen LogP contribution in [0.5, 0.6) is 11.5 Å². The van der Waals surface area contributed by atoms with Gasteiger partial charge in [-0.1, -0.05) is 19.1 Å². The van der Waals surface area contributed by atoms with Gasteiger partial charge >= 0.3 is 0 Å². The van der Waals surface area contributed by atoms with Crippen LogP contribution in [0.2, 0.25) is 0 Å². The second-order valence-corrected chi connectivity index (χ2v) is 6.63. The molecule has 148 valence electrons. The van der Waals surface area contributed by atoms with Crippen molar-refractivity contribution in [2.45, 2.75) is 26.2 Å². The molecule has 0 fully saturated rings. The van der Waals surface area contributed by atoms with Crippen molar-refractivity contribution >= 4 is 22.5 Å². The molecular weight excluding hydrogens is 352 g/mol. The lowest BCUT2D eigenvalue weighted by molar-refractivity contribution is 0.398. The Balaban J connectivity index is 1.57. The number of nitrogens with one attached hydrogen (secondary N) is 2. The van der Waals surface area contributed by atoms with Crippen molar-refractivity contribution in [3.63, 3.8) is 0 Å². The molecule has 6 heteroatoms. The molecule has 0 aliphatic carbocycles. The number of nitrogens with zero attached hydrogens (tertiary/aromatic N) is 1. The molecule has 28 heavy (non-hydrogen) atoms. The number of benzene rings is 2. The van der Waals surface area contributed by atoms with E-state index in [0.717, 1.165) is 53.0 Å². The number of H-pyrrole nitrogens is 1. The number of rotatable bonds is 8. The molecule has 0 saturated carbocycles. The average molecular weight is 380 g/mol. The van der Waals surface area contributed by atoms with E-state index in [1.807, 2.05) is 24.3 Å². The summed E-state index contributed by atoms with van der Waals surface area (Å²) in [5, 5.41) is 4.21. The Morgan fingerprint density at radius 3 is 2.75 bits per heavy atom. The predicted molar refractivity (Wildman–Crippen MR) is 116 cm³/mol. The van der Waals surface area contributed by atoms with E-state index in [4.69, 9.17) is 15.2 Å².